The summed E-state index contributed by atoms with van der Waals surface area (Å²) in [7, 11) is -9.26. The molecule has 2 rings (SSSR count). The van der Waals surface area contributed by atoms with E-state index in [4.69, 9.17) is 14.8 Å². The molecular formula is C12H11NO8S2. The number of hydrogen-bond acceptors (Lipinski definition) is 6. The van der Waals surface area contributed by atoms with Crippen molar-refractivity contribution in [3.63, 3.8) is 0 Å². The fourth-order valence-corrected chi connectivity index (χ4v) is 3.11. The molecule has 0 aromatic heterocycles. The van der Waals surface area contributed by atoms with E-state index in [0.29, 0.717) is 0 Å². The van der Waals surface area contributed by atoms with Gasteiger partial charge in [-0.05, 0) is 40.6 Å². The monoisotopic (exact) mass is 361 g/mol. The number of rotatable bonds is 4. The standard InChI is InChI=1S/C12H11NO8S2/c13-12(15)11(14)10-5-8(23(19,20)21)4-6-3-7(22(16,17)18)1-2-9(6)10/h1-5,11,14H,(H2,13,15)(H,16,17,18)(H,19,20,21). The molecular weight excluding hydrogens is 350 g/mol. The maximum Gasteiger partial charge on any atom is 0.294 e. The number of carbonyl (C=O) groups is 1. The molecule has 2 aromatic rings. The predicted molar refractivity (Wildman–Crippen MR) is 77.7 cm³/mol. The molecule has 0 heterocycles. The molecule has 1 atom stereocenters. The van der Waals surface area contributed by atoms with E-state index in [-0.39, 0.29) is 16.3 Å². The van der Waals surface area contributed by atoms with E-state index in [9.17, 15) is 26.7 Å². The molecule has 0 aliphatic rings. The first-order valence-electron chi connectivity index (χ1n) is 5.91. The fourth-order valence-electron chi connectivity index (χ4n) is 2.04. The topological polar surface area (TPSA) is 172 Å². The van der Waals surface area contributed by atoms with E-state index in [2.05, 4.69) is 0 Å². The van der Waals surface area contributed by atoms with Crippen molar-refractivity contribution in [2.45, 2.75) is 15.9 Å². The smallest absolute Gasteiger partial charge is 0.294 e. The number of benzene rings is 2. The maximum absolute atomic E-state index is 11.3. The minimum atomic E-state index is -4.70. The van der Waals surface area contributed by atoms with Crippen molar-refractivity contribution in [2.24, 2.45) is 5.73 Å². The van der Waals surface area contributed by atoms with Gasteiger partial charge in [0.05, 0.1) is 9.79 Å². The second kappa shape index (κ2) is 5.54. The first-order chi connectivity index (χ1) is 10.4. The summed E-state index contributed by atoms with van der Waals surface area (Å²) in [6.07, 6.45) is -1.88. The fraction of sp³-hybridized carbons (Fsp3) is 0.0833. The van der Waals surface area contributed by atoms with Gasteiger partial charge in [-0.1, -0.05) is 6.07 Å². The molecule has 5 N–H and O–H groups in total. The molecule has 0 radical (unpaired) electrons. The van der Waals surface area contributed by atoms with Crippen LogP contribution in [0.25, 0.3) is 10.8 Å². The molecule has 0 aliphatic heterocycles. The third-order valence-electron chi connectivity index (χ3n) is 3.09. The van der Waals surface area contributed by atoms with Crippen molar-refractivity contribution in [3.05, 3.63) is 35.9 Å². The third kappa shape index (κ3) is 3.48. The molecule has 0 saturated heterocycles. The van der Waals surface area contributed by atoms with Gasteiger partial charge in [0.1, 0.15) is 0 Å². The number of primary amides is 1. The number of fused-ring (bicyclic) bond motifs is 1. The van der Waals surface area contributed by atoms with Crippen molar-refractivity contribution in [2.75, 3.05) is 0 Å². The molecule has 0 saturated carbocycles. The second-order valence-electron chi connectivity index (χ2n) is 4.65. The maximum atomic E-state index is 11.3. The lowest BCUT2D eigenvalue weighted by Gasteiger charge is -2.13. The average Bonchev–Trinajstić information content (AvgIpc) is 2.42. The van der Waals surface area contributed by atoms with E-state index in [0.717, 1.165) is 30.3 Å². The molecule has 2 aromatic carbocycles. The van der Waals surface area contributed by atoms with Crippen LogP contribution in [0.5, 0.6) is 0 Å². The zero-order valence-electron chi connectivity index (χ0n) is 11.2. The van der Waals surface area contributed by atoms with Gasteiger partial charge in [-0.25, -0.2) is 0 Å². The van der Waals surface area contributed by atoms with Crippen LogP contribution in [0, 0.1) is 0 Å². The van der Waals surface area contributed by atoms with Gasteiger partial charge in [0, 0.05) is 0 Å². The summed E-state index contributed by atoms with van der Waals surface area (Å²) < 4.78 is 63.0. The molecule has 124 valence electrons. The molecule has 1 unspecified atom stereocenters. The number of hydrogen-bond donors (Lipinski definition) is 4. The number of nitrogens with two attached hydrogens (primary N) is 1. The van der Waals surface area contributed by atoms with E-state index < -0.39 is 42.0 Å². The number of carbonyl (C=O) groups excluding carboxylic acids is 1. The van der Waals surface area contributed by atoms with E-state index >= 15 is 0 Å². The van der Waals surface area contributed by atoms with Crippen LogP contribution < -0.4 is 5.73 Å². The van der Waals surface area contributed by atoms with Crippen LogP contribution in [-0.2, 0) is 25.0 Å². The van der Waals surface area contributed by atoms with Gasteiger partial charge in [0.2, 0.25) is 0 Å². The van der Waals surface area contributed by atoms with Crippen LogP contribution in [0.15, 0.2) is 40.1 Å². The average molecular weight is 361 g/mol. The Labute approximate surface area is 130 Å². The zero-order chi connectivity index (χ0) is 17.6. The summed E-state index contributed by atoms with van der Waals surface area (Å²) in [6, 6.07) is 4.86. The Bertz CT molecular complexity index is 1010. The van der Waals surface area contributed by atoms with Gasteiger partial charge >= 0.3 is 0 Å². The van der Waals surface area contributed by atoms with Gasteiger partial charge in [0.25, 0.3) is 26.1 Å². The molecule has 0 bridgehead atoms. The minimum absolute atomic E-state index is 0.0504. The lowest BCUT2D eigenvalue weighted by atomic mass is 10.00. The lowest BCUT2D eigenvalue weighted by molar-refractivity contribution is -0.126. The Morgan fingerprint density at radius 1 is 0.957 bits per heavy atom. The van der Waals surface area contributed by atoms with Crippen LogP contribution in [-0.4, -0.2) is 37.0 Å². The molecule has 11 heteroatoms. The highest BCUT2D eigenvalue weighted by Gasteiger charge is 2.22. The van der Waals surface area contributed by atoms with Crippen LogP contribution in [0.4, 0.5) is 0 Å². The van der Waals surface area contributed by atoms with Crippen LogP contribution in [0.1, 0.15) is 11.7 Å². The van der Waals surface area contributed by atoms with Crippen LogP contribution in [0.2, 0.25) is 0 Å². The minimum Gasteiger partial charge on any atom is -0.378 e. The number of amides is 1. The van der Waals surface area contributed by atoms with Crippen molar-refractivity contribution in [3.8, 4) is 0 Å². The van der Waals surface area contributed by atoms with Gasteiger partial charge in [0.15, 0.2) is 6.10 Å². The number of aliphatic hydroxyl groups excluding tert-OH is 1. The highest BCUT2D eigenvalue weighted by atomic mass is 32.2. The number of aliphatic hydroxyl groups is 1. The Morgan fingerprint density at radius 2 is 1.48 bits per heavy atom. The molecule has 9 nitrogen and oxygen atoms in total. The zero-order valence-corrected chi connectivity index (χ0v) is 12.9. The van der Waals surface area contributed by atoms with Crippen molar-refractivity contribution >= 4 is 36.9 Å². The Balaban J connectivity index is 2.91. The van der Waals surface area contributed by atoms with Crippen molar-refractivity contribution < 1.29 is 35.8 Å². The van der Waals surface area contributed by atoms with Gasteiger partial charge in [-0.2, -0.15) is 16.8 Å². The van der Waals surface area contributed by atoms with Crippen LogP contribution >= 0.6 is 0 Å². The van der Waals surface area contributed by atoms with Gasteiger partial charge in [-0.15, -0.1) is 0 Å². The Kier molecular flexibility index (Phi) is 4.17. The quantitative estimate of drug-likeness (QED) is 0.544. The second-order valence-corrected chi connectivity index (χ2v) is 7.49. The molecule has 0 spiro atoms. The Hall–Kier alpha value is -2.05. The van der Waals surface area contributed by atoms with Gasteiger partial charge < -0.3 is 10.8 Å². The molecule has 23 heavy (non-hydrogen) atoms. The van der Waals surface area contributed by atoms with Gasteiger partial charge in [-0.3, -0.25) is 13.9 Å². The highest BCUT2D eigenvalue weighted by molar-refractivity contribution is 7.86. The Morgan fingerprint density at radius 3 is 1.96 bits per heavy atom. The summed E-state index contributed by atoms with van der Waals surface area (Å²) in [5.74, 6) is -1.17. The molecule has 1 amide bonds. The first kappa shape index (κ1) is 17.3. The summed E-state index contributed by atoms with van der Waals surface area (Å²) in [5.41, 5.74) is 4.75. The van der Waals surface area contributed by atoms with E-state index in [1.807, 2.05) is 0 Å². The summed E-state index contributed by atoms with van der Waals surface area (Å²) in [4.78, 5) is 9.95. The first-order valence-corrected chi connectivity index (χ1v) is 8.79. The van der Waals surface area contributed by atoms with Crippen molar-refractivity contribution in [1.29, 1.82) is 0 Å². The normalized spacial score (nSPS) is 13.9. The molecule has 0 fully saturated rings. The van der Waals surface area contributed by atoms with E-state index in [1.165, 1.54) is 0 Å². The molecule has 0 aliphatic carbocycles. The largest absolute Gasteiger partial charge is 0.378 e. The van der Waals surface area contributed by atoms with Crippen molar-refractivity contribution in [1.82, 2.24) is 0 Å². The predicted octanol–water partition coefficient (Wildman–Crippen LogP) is -0.148. The lowest BCUT2D eigenvalue weighted by Crippen LogP contribution is -2.21. The summed E-state index contributed by atoms with van der Waals surface area (Å²) in [6.45, 7) is 0. The highest BCUT2D eigenvalue weighted by Crippen LogP contribution is 2.30. The van der Waals surface area contributed by atoms with E-state index in [1.54, 1.807) is 0 Å². The summed E-state index contributed by atoms with van der Waals surface area (Å²) in [5, 5.41) is 9.87. The summed E-state index contributed by atoms with van der Waals surface area (Å²) >= 11 is 0. The SMILES string of the molecule is NC(=O)C(O)c1cc(S(=O)(=O)O)cc2cc(S(=O)(=O)O)ccc12. The third-order valence-corrected chi connectivity index (χ3v) is 4.77. The van der Waals surface area contributed by atoms with Crippen LogP contribution in [0.3, 0.4) is 0 Å².